The van der Waals surface area contributed by atoms with Crippen LogP contribution < -0.4 is 11.1 Å². The Hall–Kier alpha value is -2.64. The molecule has 2 aromatic carbocycles. The Morgan fingerprint density at radius 3 is 2.60 bits per heavy atom. The van der Waals surface area contributed by atoms with E-state index in [0.717, 1.165) is 42.8 Å². The monoisotopic (exact) mass is 451 g/mol. The largest absolute Gasteiger partial charge is 0.399 e. The lowest BCUT2D eigenvalue weighted by atomic mass is 10.1. The maximum absolute atomic E-state index is 14.3. The Bertz CT molecular complexity index is 1010. The number of hydrogen-bond acceptors (Lipinski definition) is 4. The highest BCUT2D eigenvalue weighted by Crippen LogP contribution is 2.26. The zero-order valence-electron chi connectivity index (χ0n) is 16.3. The van der Waals surface area contributed by atoms with E-state index in [1.54, 1.807) is 36.4 Å². The van der Waals surface area contributed by atoms with Gasteiger partial charge in [0.1, 0.15) is 11.6 Å². The van der Waals surface area contributed by atoms with Gasteiger partial charge in [0.05, 0.1) is 12.1 Å². The van der Waals surface area contributed by atoms with Gasteiger partial charge < -0.3 is 15.6 Å². The number of aryl methyl sites for hydroxylation is 1. The number of nitrogens with two attached hydrogens (primary N) is 1. The van der Waals surface area contributed by atoms with Crippen LogP contribution in [0.2, 0.25) is 0 Å². The lowest BCUT2D eigenvalue weighted by Crippen LogP contribution is -2.15. The molecule has 9 heteroatoms. The van der Waals surface area contributed by atoms with Gasteiger partial charge in [0, 0.05) is 24.2 Å². The molecule has 0 radical (unpaired) electrons. The number of nitrogens with zero attached hydrogens (tertiary/aromatic N) is 3. The molecule has 2 heterocycles. The van der Waals surface area contributed by atoms with Crippen molar-refractivity contribution in [3.63, 3.8) is 0 Å². The first-order chi connectivity index (χ1) is 13.6. The number of anilines is 2. The molecule has 1 aliphatic heterocycles. The lowest BCUT2D eigenvalue weighted by molar-refractivity contribution is -0.115. The summed E-state index contributed by atoms with van der Waals surface area (Å²) in [6.45, 7) is 0.855. The van der Waals surface area contributed by atoms with Crippen LogP contribution in [0.5, 0.6) is 0 Å². The fourth-order valence-corrected chi connectivity index (χ4v) is 3.47. The average Bonchev–Trinajstić information content (AvgIpc) is 2.93. The molecule has 0 bridgehead atoms. The number of benzene rings is 2. The molecule has 1 aromatic heterocycles. The van der Waals surface area contributed by atoms with Crippen LogP contribution in [0.3, 0.4) is 0 Å². The highest BCUT2D eigenvalue weighted by molar-refractivity contribution is 5.93. The van der Waals surface area contributed by atoms with Crippen molar-refractivity contribution in [3.8, 4) is 11.4 Å². The van der Waals surface area contributed by atoms with Gasteiger partial charge in [0.25, 0.3) is 0 Å². The van der Waals surface area contributed by atoms with Crippen LogP contribution in [0.1, 0.15) is 30.7 Å². The lowest BCUT2D eigenvalue weighted by Gasteiger charge is -2.10. The number of nitrogen functional groups attached to an aromatic ring is 1. The van der Waals surface area contributed by atoms with E-state index in [-0.39, 0.29) is 42.8 Å². The first kappa shape index (κ1) is 23.6. The molecular formula is C21H24Cl2FN5O. The second-order valence-corrected chi connectivity index (χ2v) is 7.06. The molecule has 0 saturated carbocycles. The Morgan fingerprint density at radius 2 is 1.83 bits per heavy atom. The molecule has 160 valence electrons. The first-order valence-electron chi connectivity index (χ1n) is 9.46. The quantitative estimate of drug-likeness (QED) is 0.574. The minimum absolute atomic E-state index is 0. The summed E-state index contributed by atoms with van der Waals surface area (Å²) >= 11 is 0. The van der Waals surface area contributed by atoms with Crippen LogP contribution in [-0.2, 0) is 24.2 Å². The van der Waals surface area contributed by atoms with E-state index in [2.05, 4.69) is 20.1 Å². The van der Waals surface area contributed by atoms with Crippen LogP contribution in [-0.4, -0.2) is 20.7 Å². The summed E-state index contributed by atoms with van der Waals surface area (Å²) in [4.78, 5) is 12.4. The number of rotatable bonds is 4. The van der Waals surface area contributed by atoms with Crippen molar-refractivity contribution in [1.29, 1.82) is 0 Å². The summed E-state index contributed by atoms with van der Waals surface area (Å²) in [5.74, 6) is 0.905. The van der Waals surface area contributed by atoms with Crippen molar-refractivity contribution < 1.29 is 9.18 Å². The average molecular weight is 452 g/mol. The molecule has 0 saturated heterocycles. The van der Waals surface area contributed by atoms with Gasteiger partial charge >= 0.3 is 0 Å². The fourth-order valence-electron chi connectivity index (χ4n) is 3.47. The molecule has 0 unspecified atom stereocenters. The summed E-state index contributed by atoms with van der Waals surface area (Å²) in [5.41, 5.74) is 7.99. The number of nitrogens with one attached hydrogen (secondary N) is 1. The van der Waals surface area contributed by atoms with Gasteiger partial charge in [-0.3, -0.25) is 4.79 Å². The highest BCUT2D eigenvalue weighted by Gasteiger charge is 2.17. The molecule has 4 rings (SSSR count). The van der Waals surface area contributed by atoms with Crippen molar-refractivity contribution in [1.82, 2.24) is 14.8 Å². The molecular weight excluding hydrogens is 428 g/mol. The van der Waals surface area contributed by atoms with Crippen molar-refractivity contribution in [2.75, 3.05) is 11.1 Å². The topological polar surface area (TPSA) is 85.8 Å². The van der Waals surface area contributed by atoms with Crippen molar-refractivity contribution in [3.05, 3.63) is 59.7 Å². The van der Waals surface area contributed by atoms with Gasteiger partial charge in [-0.1, -0.05) is 18.6 Å². The van der Waals surface area contributed by atoms with Crippen LogP contribution in [0, 0.1) is 5.82 Å². The third-order valence-electron chi connectivity index (χ3n) is 4.95. The van der Waals surface area contributed by atoms with Crippen molar-refractivity contribution in [2.45, 2.75) is 38.6 Å². The number of carbonyl (C=O) groups excluding carboxylic acids is 1. The van der Waals surface area contributed by atoms with E-state index < -0.39 is 5.82 Å². The predicted octanol–water partition coefficient (Wildman–Crippen LogP) is 4.42. The van der Waals surface area contributed by atoms with Gasteiger partial charge in [0.2, 0.25) is 5.91 Å². The Kier molecular flexibility index (Phi) is 8.20. The standard InChI is InChI=1S/C21H22FN5O.2ClH/c22-17-10-7-15(21-26-25-19-4-2-1-3-11-27(19)21)13-18(17)24-20(28)12-14-5-8-16(23)9-6-14;;/h5-10,13H,1-4,11-12,23H2,(H,24,28);2*1H. The van der Waals surface area contributed by atoms with E-state index in [1.807, 2.05) is 0 Å². The number of hydrogen-bond donors (Lipinski definition) is 2. The van der Waals surface area contributed by atoms with Gasteiger partial charge in [-0.05, 0) is 48.7 Å². The Labute approximate surface area is 186 Å². The van der Waals surface area contributed by atoms with Gasteiger partial charge in [-0.2, -0.15) is 0 Å². The summed E-state index contributed by atoms with van der Waals surface area (Å²) in [7, 11) is 0. The molecule has 0 atom stereocenters. The molecule has 1 aliphatic rings. The summed E-state index contributed by atoms with van der Waals surface area (Å²) < 4.78 is 16.4. The Morgan fingerprint density at radius 1 is 1.07 bits per heavy atom. The van der Waals surface area contributed by atoms with Gasteiger partial charge in [-0.15, -0.1) is 35.0 Å². The maximum Gasteiger partial charge on any atom is 0.228 e. The SMILES string of the molecule is Cl.Cl.Nc1ccc(CC(=O)Nc2cc(-c3nnc4n3CCCCC4)ccc2F)cc1. The minimum Gasteiger partial charge on any atom is -0.399 e. The number of carbonyl (C=O) groups is 1. The van der Waals surface area contributed by atoms with E-state index >= 15 is 0 Å². The normalized spacial score (nSPS) is 12.7. The van der Waals surface area contributed by atoms with Crippen molar-refractivity contribution in [2.24, 2.45) is 0 Å². The smallest absolute Gasteiger partial charge is 0.228 e. The summed E-state index contributed by atoms with van der Waals surface area (Å²) in [5, 5.41) is 11.3. The molecule has 3 N–H and O–H groups in total. The zero-order chi connectivity index (χ0) is 19.5. The molecule has 0 fully saturated rings. The van der Waals surface area contributed by atoms with Crippen LogP contribution in [0.15, 0.2) is 42.5 Å². The van der Waals surface area contributed by atoms with Gasteiger partial charge in [0.15, 0.2) is 5.82 Å². The second-order valence-electron chi connectivity index (χ2n) is 7.06. The number of aromatic nitrogens is 3. The Balaban J connectivity index is 0.00000160. The minimum atomic E-state index is -0.481. The number of halogens is 3. The molecule has 1 amide bonds. The van der Waals surface area contributed by atoms with E-state index in [4.69, 9.17) is 5.73 Å². The van der Waals surface area contributed by atoms with E-state index in [9.17, 15) is 9.18 Å². The summed E-state index contributed by atoms with van der Waals surface area (Å²) in [6.07, 6.45) is 4.39. The van der Waals surface area contributed by atoms with E-state index in [0.29, 0.717) is 11.5 Å². The van der Waals surface area contributed by atoms with Gasteiger partial charge in [-0.25, -0.2) is 4.39 Å². The van der Waals surface area contributed by atoms with Crippen LogP contribution in [0.25, 0.3) is 11.4 Å². The maximum atomic E-state index is 14.3. The highest BCUT2D eigenvalue weighted by atomic mass is 35.5. The van der Waals surface area contributed by atoms with Crippen molar-refractivity contribution >= 4 is 42.1 Å². The molecule has 6 nitrogen and oxygen atoms in total. The zero-order valence-corrected chi connectivity index (χ0v) is 17.9. The second kappa shape index (κ2) is 10.4. The predicted molar refractivity (Wildman–Crippen MR) is 121 cm³/mol. The third kappa shape index (κ3) is 5.29. The third-order valence-corrected chi connectivity index (χ3v) is 4.95. The first-order valence-corrected chi connectivity index (χ1v) is 9.46. The number of fused-ring (bicyclic) bond motifs is 1. The summed E-state index contributed by atoms with van der Waals surface area (Å²) in [6, 6.07) is 11.7. The molecule has 3 aromatic rings. The fraction of sp³-hybridized carbons (Fsp3) is 0.286. The van der Waals surface area contributed by atoms with Crippen LogP contribution >= 0.6 is 24.8 Å². The molecule has 0 spiro atoms. The van der Waals surface area contributed by atoms with E-state index in [1.165, 1.54) is 12.5 Å². The number of amides is 1. The molecule has 30 heavy (non-hydrogen) atoms. The molecule has 0 aliphatic carbocycles. The van der Waals surface area contributed by atoms with Crippen LogP contribution in [0.4, 0.5) is 15.8 Å².